The molecule has 1 saturated heterocycles. The molecule has 0 radical (unpaired) electrons. The lowest BCUT2D eigenvalue weighted by molar-refractivity contribution is -0.237. The van der Waals surface area contributed by atoms with Gasteiger partial charge in [-0.15, -0.1) is 11.8 Å². The van der Waals surface area contributed by atoms with Gasteiger partial charge in [0.1, 0.15) is 23.7 Å². The summed E-state index contributed by atoms with van der Waals surface area (Å²) in [5.41, 5.74) is -1.47. The van der Waals surface area contributed by atoms with E-state index in [1.807, 2.05) is 0 Å². The predicted octanol–water partition coefficient (Wildman–Crippen LogP) is 2.06. The number of hydrogen-bond donors (Lipinski definition) is 0. The van der Waals surface area contributed by atoms with Crippen LogP contribution in [0, 0.1) is 0 Å². The molecule has 13 heteroatoms. The Bertz CT molecular complexity index is 797. The van der Waals surface area contributed by atoms with Crippen molar-refractivity contribution in [3.63, 3.8) is 0 Å². The molecule has 5 atom stereocenters. The maximum atomic E-state index is 12.2. The molecular formula is C23H37NO11S. The van der Waals surface area contributed by atoms with E-state index in [1.165, 1.54) is 37.4 Å². The van der Waals surface area contributed by atoms with Gasteiger partial charge in [0.15, 0.2) is 18.3 Å². The van der Waals surface area contributed by atoms with E-state index in [2.05, 4.69) is 0 Å². The summed E-state index contributed by atoms with van der Waals surface area (Å²) in [6, 6.07) is 0. The molecule has 206 valence electrons. The van der Waals surface area contributed by atoms with E-state index in [-0.39, 0.29) is 6.61 Å². The Kier molecular flexibility index (Phi) is 12.5. The number of nitrogens with zero attached hydrogens (tertiary/aromatic N) is 1. The van der Waals surface area contributed by atoms with E-state index >= 15 is 0 Å². The molecular weight excluding hydrogens is 498 g/mol. The van der Waals surface area contributed by atoms with Crippen molar-refractivity contribution in [3.05, 3.63) is 0 Å². The molecule has 1 amide bonds. The molecule has 0 aromatic heterocycles. The van der Waals surface area contributed by atoms with E-state index in [9.17, 15) is 24.0 Å². The van der Waals surface area contributed by atoms with Gasteiger partial charge in [-0.25, -0.2) is 4.79 Å². The van der Waals surface area contributed by atoms with Crippen molar-refractivity contribution in [1.29, 1.82) is 0 Å². The van der Waals surface area contributed by atoms with Gasteiger partial charge in [0.05, 0.1) is 0 Å². The first-order valence-corrected chi connectivity index (χ1v) is 12.5. The summed E-state index contributed by atoms with van der Waals surface area (Å²) in [6.07, 6.45) is -4.42. The predicted molar refractivity (Wildman–Crippen MR) is 128 cm³/mol. The minimum atomic E-state index is -1.20. The lowest BCUT2D eigenvalue weighted by Gasteiger charge is -2.44. The Morgan fingerprint density at radius 1 is 0.833 bits per heavy atom. The van der Waals surface area contributed by atoms with Crippen molar-refractivity contribution >= 4 is 41.7 Å². The first-order chi connectivity index (χ1) is 16.6. The Hall–Kier alpha value is -2.54. The van der Waals surface area contributed by atoms with Gasteiger partial charge in [-0.2, -0.15) is 0 Å². The summed E-state index contributed by atoms with van der Waals surface area (Å²) in [7, 11) is 1.62. The number of ether oxygens (including phenoxy) is 6. The van der Waals surface area contributed by atoms with Gasteiger partial charge < -0.3 is 33.3 Å². The molecule has 0 aromatic rings. The molecule has 36 heavy (non-hydrogen) atoms. The zero-order valence-electron chi connectivity index (χ0n) is 22.1. The highest BCUT2D eigenvalue weighted by Gasteiger charge is 2.52. The average Bonchev–Trinajstić information content (AvgIpc) is 2.71. The summed E-state index contributed by atoms with van der Waals surface area (Å²) in [6.45, 7) is 10.2. The van der Waals surface area contributed by atoms with Crippen LogP contribution in [0.1, 0.15) is 54.9 Å². The highest BCUT2D eigenvalue weighted by molar-refractivity contribution is 7.99. The third-order valence-electron chi connectivity index (χ3n) is 4.57. The van der Waals surface area contributed by atoms with Crippen molar-refractivity contribution in [1.82, 2.24) is 4.90 Å². The lowest BCUT2D eigenvalue weighted by atomic mass is 9.99. The molecule has 0 aromatic carbocycles. The first kappa shape index (κ1) is 31.5. The Labute approximate surface area is 215 Å². The Morgan fingerprint density at radius 2 is 1.36 bits per heavy atom. The Balaban J connectivity index is 3.03. The van der Waals surface area contributed by atoms with Crippen LogP contribution in [0.2, 0.25) is 0 Å². The van der Waals surface area contributed by atoms with Crippen LogP contribution >= 0.6 is 11.8 Å². The van der Waals surface area contributed by atoms with Gasteiger partial charge in [-0.3, -0.25) is 19.2 Å². The maximum absolute atomic E-state index is 12.2. The molecule has 0 unspecified atom stereocenters. The third-order valence-corrected chi connectivity index (χ3v) is 5.81. The van der Waals surface area contributed by atoms with E-state index in [0.29, 0.717) is 18.7 Å². The molecule has 1 heterocycles. The fraction of sp³-hybridized carbons (Fsp3) is 0.783. The molecule has 1 aliphatic rings. The van der Waals surface area contributed by atoms with Crippen molar-refractivity contribution < 1.29 is 52.4 Å². The van der Waals surface area contributed by atoms with Crippen LogP contribution in [0.4, 0.5) is 4.79 Å². The number of amides is 1. The summed E-state index contributed by atoms with van der Waals surface area (Å²) in [5.74, 6) is -2.16. The standard InChI is InChI=1S/C23H37NO11S/c1-13(25)30-12-17-18(31-14(2)26)19(32-15(3)27)20(33-16(4)28)21(34-17)36-11-9-10-24(8)22(29)35-23(5,6)7/h17-21H,9-12H2,1-8H3/t17-,18-,19+,20+,21+/m1/s1. The second-order valence-corrected chi connectivity index (χ2v) is 10.4. The minimum Gasteiger partial charge on any atom is -0.463 e. The SMILES string of the molecule is CC(=O)OC[C@H]1O[C@@H](SCCCN(C)C(=O)OC(C)(C)C)[C@@H](OC(C)=O)[C@@H](OC(C)=O)[C@@H]1OC(C)=O. The molecule has 0 saturated carbocycles. The number of esters is 4. The molecule has 0 N–H and O–H groups in total. The maximum Gasteiger partial charge on any atom is 0.410 e. The van der Waals surface area contributed by atoms with Crippen LogP contribution in [-0.2, 0) is 47.6 Å². The molecule has 12 nitrogen and oxygen atoms in total. The van der Waals surface area contributed by atoms with Gasteiger partial charge in [-0.05, 0) is 32.9 Å². The zero-order valence-corrected chi connectivity index (χ0v) is 22.9. The highest BCUT2D eigenvalue weighted by atomic mass is 32.2. The topological polar surface area (TPSA) is 144 Å². The van der Waals surface area contributed by atoms with Crippen LogP contribution in [0.3, 0.4) is 0 Å². The average molecular weight is 536 g/mol. The second-order valence-electron chi connectivity index (χ2n) is 9.19. The summed E-state index contributed by atoms with van der Waals surface area (Å²) < 4.78 is 32.6. The van der Waals surface area contributed by atoms with Gasteiger partial charge in [0.25, 0.3) is 0 Å². The Morgan fingerprint density at radius 3 is 1.86 bits per heavy atom. The normalized spacial score (nSPS) is 23.7. The first-order valence-electron chi connectivity index (χ1n) is 11.5. The highest BCUT2D eigenvalue weighted by Crippen LogP contribution is 2.34. The number of hydrogen-bond acceptors (Lipinski definition) is 12. The van der Waals surface area contributed by atoms with E-state index in [0.717, 1.165) is 6.92 Å². The molecule has 0 spiro atoms. The fourth-order valence-electron chi connectivity index (χ4n) is 3.26. The van der Waals surface area contributed by atoms with Crippen LogP contribution in [-0.4, -0.2) is 96.3 Å². The molecule has 0 aliphatic carbocycles. The van der Waals surface area contributed by atoms with Gasteiger partial charge >= 0.3 is 30.0 Å². The number of carbonyl (C=O) groups is 5. The van der Waals surface area contributed by atoms with Crippen molar-refractivity contribution in [2.75, 3.05) is 26.0 Å². The van der Waals surface area contributed by atoms with Crippen molar-refractivity contribution in [2.24, 2.45) is 0 Å². The largest absolute Gasteiger partial charge is 0.463 e. The van der Waals surface area contributed by atoms with Crippen LogP contribution in [0.15, 0.2) is 0 Å². The molecule has 1 aliphatic heterocycles. The molecule has 1 rings (SSSR count). The van der Waals surface area contributed by atoms with Crippen LogP contribution < -0.4 is 0 Å². The summed E-state index contributed by atoms with van der Waals surface area (Å²) in [5, 5.41) is 0. The number of carbonyl (C=O) groups excluding carboxylic acids is 5. The molecule has 1 fully saturated rings. The second kappa shape index (κ2) is 14.3. The number of rotatable bonds is 10. The monoisotopic (exact) mass is 535 g/mol. The van der Waals surface area contributed by atoms with Crippen molar-refractivity contribution in [2.45, 2.75) is 90.3 Å². The fourth-order valence-corrected chi connectivity index (χ4v) is 4.40. The zero-order chi connectivity index (χ0) is 27.6. The van der Waals surface area contributed by atoms with Gasteiger partial charge in [0, 0.05) is 41.3 Å². The minimum absolute atomic E-state index is 0.281. The number of thioether (sulfide) groups is 1. The van der Waals surface area contributed by atoms with E-state index in [4.69, 9.17) is 28.4 Å². The van der Waals surface area contributed by atoms with Crippen LogP contribution in [0.5, 0.6) is 0 Å². The quantitative estimate of drug-likeness (QED) is 0.229. The van der Waals surface area contributed by atoms with E-state index in [1.54, 1.807) is 27.8 Å². The van der Waals surface area contributed by atoms with Gasteiger partial charge in [-0.1, -0.05) is 0 Å². The van der Waals surface area contributed by atoms with Crippen LogP contribution in [0.25, 0.3) is 0 Å². The van der Waals surface area contributed by atoms with Crippen molar-refractivity contribution in [3.8, 4) is 0 Å². The lowest BCUT2D eigenvalue weighted by Crippen LogP contribution is -2.61. The van der Waals surface area contributed by atoms with E-state index < -0.39 is 65.4 Å². The van der Waals surface area contributed by atoms with Gasteiger partial charge in [0.2, 0.25) is 0 Å². The molecule has 0 bridgehead atoms. The third kappa shape index (κ3) is 11.5. The summed E-state index contributed by atoms with van der Waals surface area (Å²) in [4.78, 5) is 60.5. The summed E-state index contributed by atoms with van der Waals surface area (Å²) >= 11 is 1.25. The smallest absolute Gasteiger partial charge is 0.410 e.